The molecule has 0 bridgehead atoms. The molecule has 0 spiro atoms. The van der Waals surface area contributed by atoms with Crippen LogP contribution in [0.15, 0.2) is 16.2 Å². The molecule has 0 saturated heterocycles. The second kappa shape index (κ2) is 2.36. The van der Waals surface area contributed by atoms with Gasteiger partial charge < -0.3 is 4.74 Å². The molecule has 3 N–H and O–H groups in total. The van der Waals surface area contributed by atoms with Gasteiger partial charge in [-0.1, -0.05) is 0 Å². The van der Waals surface area contributed by atoms with Crippen molar-refractivity contribution < 1.29 is 4.74 Å². The number of hydrogen-bond acceptors (Lipinski definition) is 4. The van der Waals surface area contributed by atoms with Crippen LogP contribution in [0.2, 0.25) is 0 Å². The topological polar surface area (TPSA) is 71.5 Å². The Bertz CT molecular complexity index is 149. The van der Waals surface area contributed by atoms with E-state index in [1.807, 2.05) is 0 Å². The van der Waals surface area contributed by atoms with Crippen LogP contribution in [-0.2, 0) is 4.74 Å². The van der Waals surface area contributed by atoms with E-state index in [0.29, 0.717) is 12.4 Å². The summed E-state index contributed by atoms with van der Waals surface area (Å²) in [6, 6.07) is 0. The zero-order valence-corrected chi connectivity index (χ0v) is 5.73. The molecule has 0 aromatic rings. The Balaban J connectivity index is 2.67. The largest absolute Gasteiger partial charge is 0.500 e. The summed E-state index contributed by atoms with van der Waals surface area (Å²) in [6.45, 7) is 0.588. The van der Waals surface area contributed by atoms with Gasteiger partial charge in [-0.25, -0.2) is 0 Å². The average Bonchev–Trinajstić information content (AvgIpc) is 1.90. The Hall–Kier alpha value is -0.550. The minimum Gasteiger partial charge on any atom is -0.500 e. The molecule has 0 aromatic heterocycles. The van der Waals surface area contributed by atoms with E-state index in [2.05, 4.69) is 4.52 Å². The third kappa shape index (κ3) is 1.43. The molecule has 1 atom stereocenters. The lowest BCUT2D eigenvalue weighted by Gasteiger charge is -2.26. The van der Waals surface area contributed by atoms with Gasteiger partial charge in [-0.3, -0.25) is 5.14 Å². The fraction of sp³-hybridized carbons (Fsp3) is 0.500. The number of nitrogens with two attached hydrogens (primary N) is 1. The first-order valence-electron chi connectivity index (χ1n) is 2.52. The first-order chi connectivity index (χ1) is 4.27. The van der Waals surface area contributed by atoms with E-state index in [1.165, 1.54) is 6.26 Å². The molecule has 1 unspecified atom stereocenters. The summed E-state index contributed by atoms with van der Waals surface area (Å²) < 4.78 is 8.21. The molecule has 4 nitrogen and oxygen atoms in total. The quantitative estimate of drug-likeness (QED) is 0.545. The van der Waals surface area contributed by atoms with E-state index < -0.39 is 10.4 Å². The highest BCUT2D eigenvalue weighted by molar-refractivity contribution is 8.33. The molecule has 1 rings (SSSR count). The van der Waals surface area contributed by atoms with Crippen molar-refractivity contribution in [3.8, 4) is 0 Å². The SMILES string of the molecule is N=NS1(N)C=COCC1. The monoisotopic (exact) mass is 147 g/mol. The minimum atomic E-state index is -1.59. The van der Waals surface area contributed by atoms with E-state index in [4.69, 9.17) is 15.4 Å². The van der Waals surface area contributed by atoms with Gasteiger partial charge in [-0.05, 0) is 10.4 Å². The molecule has 5 heteroatoms. The zero-order chi connectivity index (χ0) is 6.74. The average molecular weight is 147 g/mol. The fourth-order valence-corrected chi connectivity index (χ4v) is 1.45. The highest BCUT2D eigenvalue weighted by atomic mass is 32.3. The Morgan fingerprint density at radius 1 is 1.78 bits per heavy atom. The molecular formula is C4H9N3OS. The summed E-state index contributed by atoms with van der Waals surface area (Å²) in [7, 11) is -1.59. The van der Waals surface area contributed by atoms with E-state index in [1.54, 1.807) is 5.41 Å². The molecule has 0 radical (unpaired) electrons. The van der Waals surface area contributed by atoms with Crippen molar-refractivity contribution in [2.24, 2.45) is 9.66 Å². The van der Waals surface area contributed by atoms with Crippen LogP contribution >= 0.6 is 10.4 Å². The smallest absolute Gasteiger partial charge is 0.0981 e. The predicted octanol–water partition coefficient (Wildman–Crippen LogP) is 1.11. The van der Waals surface area contributed by atoms with Gasteiger partial charge >= 0.3 is 0 Å². The molecule has 0 saturated carbocycles. The van der Waals surface area contributed by atoms with Crippen LogP contribution in [0.5, 0.6) is 0 Å². The summed E-state index contributed by atoms with van der Waals surface area (Å²) in [4.78, 5) is 0. The van der Waals surface area contributed by atoms with Crippen molar-refractivity contribution in [3.05, 3.63) is 11.7 Å². The molecule has 52 valence electrons. The van der Waals surface area contributed by atoms with Gasteiger partial charge in [0.15, 0.2) is 0 Å². The number of nitrogens with one attached hydrogen (secondary N) is 1. The number of nitrogens with zero attached hydrogens (tertiary/aromatic N) is 1. The number of ether oxygens (including phenoxy) is 1. The molecule has 0 aromatic carbocycles. The lowest BCUT2D eigenvalue weighted by Crippen LogP contribution is -2.15. The van der Waals surface area contributed by atoms with Crippen molar-refractivity contribution in [2.45, 2.75) is 0 Å². The highest BCUT2D eigenvalue weighted by Crippen LogP contribution is 2.43. The van der Waals surface area contributed by atoms with Crippen LogP contribution in [0.25, 0.3) is 0 Å². The fourth-order valence-electron chi connectivity index (χ4n) is 0.529. The van der Waals surface area contributed by atoms with Crippen molar-refractivity contribution in [1.29, 1.82) is 5.53 Å². The second-order valence-electron chi connectivity index (χ2n) is 1.75. The lowest BCUT2D eigenvalue weighted by molar-refractivity contribution is 0.269. The van der Waals surface area contributed by atoms with Crippen molar-refractivity contribution in [3.63, 3.8) is 0 Å². The van der Waals surface area contributed by atoms with Crippen LogP contribution in [0.1, 0.15) is 0 Å². The summed E-state index contributed by atoms with van der Waals surface area (Å²) in [5.74, 6) is 0.674. The van der Waals surface area contributed by atoms with Gasteiger partial charge in [-0.2, -0.15) is 5.53 Å². The van der Waals surface area contributed by atoms with Gasteiger partial charge in [0.05, 0.1) is 12.9 Å². The molecule has 1 heterocycles. The Morgan fingerprint density at radius 3 is 2.89 bits per heavy atom. The van der Waals surface area contributed by atoms with E-state index in [-0.39, 0.29) is 0 Å². The summed E-state index contributed by atoms with van der Waals surface area (Å²) in [5.41, 5.74) is 6.72. The van der Waals surface area contributed by atoms with Gasteiger partial charge in [0.25, 0.3) is 0 Å². The zero-order valence-electron chi connectivity index (χ0n) is 4.91. The van der Waals surface area contributed by atoms with Crippen LogP contribution in [-0.4, -0.2) is 12.4 Å². The molecular weight excluding hydrogens is 138 g/mol. The maximum Gasteiger partial charge on any atom is 0.0981 e. The molecule has 9 heavy (non-hydrogen) atoms. The molecule has 0 aliphatic carbocycles. The predicted molar refractivity (Wildman–Crippen MR) is 36.9 cm³/mol. The molecule has 0 amide bonds. The maximum absolute atomic E-state index is 6.72. The standard InChI is InChI=1S/C4H9N3OS/c5-7-9(6)3-1-8-2-4-9/h1,3,5H,2,4,6H2. The van der Waals surface area contributed by atoms with E-state index in [9.17, 15) is 0 Å². The molecule has 1 aliphatic rings. The second-order valence-corrected chi connectivity index (χ2v) is 4.23. The third-order valence-electron chi connectivity index (χ3n) is 1.09. The van der Waals surface area contributed by atoms with Gasteiger partial charge in [0, 0.05) is 11.2 Å². The van der Waals surface area contributed by atoms with Gasteiger partial charge in [-0.15, -0.1) is 4.52 Å². The van der Waals surface area contributed by atoms with Crippen molar-refractivity contribution in [1.82, 2.24) is 0 Å². The summed E-state index contributed by atoms with van der Waals surface area (Å²) in [6.07, 6.45) is 1.52. The minimum absolute atomic E-state index is 0.588. The number of rotatable bonds is 1. The number of hydrogen-bond donors (Lipinski definition) is 2. The summed E-state index contributed by atoms with van der Waals surface area (Å²) >= 11 is 0. The first kappa shape index (κ1) is 6.57. The van der Waals surface area contributed by atoms with Gasteiger partial charge in [0.1, 0.15) is 0 Å². The lowest BCUT2D eigenvalue weighted by atomic mass is 10.8. The van der Waals surface area contributed by atoms with Crippen molar-refractivity contribution >= 4 is 10.4 Å². The highest BCUT2D eigenvalue weighted by Gasteiger charge is 2.16. The molecule has 1 aliphatic heterocycles. The van der Waals surface area contributed by atoms with Crippen LogP contribution in [0.4, 0.5) is 0 Å². The maximum atomic E-state index is 6.72. The Kier molecular flexibility index (Phi) is 1.73. The Labute approximate surface area is 55.2 Å². The van der Waals surface area contributed by atoms with E-state index in [0.717, 1.165) is 0 Å². The molecule has 0 fully saturated rings. The van der Waals surface area contributed by atoms with Crippen LogP contribution in [0, 0.1) is 5.53 Å². The Morgan fingerprint density at radius 2 is 2.56 bits per heavy atom. The van der Waals surface area contributed by atoms with Crippen molar-refractivity contribution in [2.75, 3.05) is 12.4 Å². The normalized spacial score (nSPS) is 40.6. The van der Waals surface area contributed by atoms with Crippen LogP contribution < -0.4 is 5.14 Å². The van der Waals surface area contributed by atoms with E-state index >= 15 is 0 Å². The van der Waals surface area contributed by atoms with Gasteiger partial charge in [0.2, 0.25) is 0 Å². The summed E-state index contributed by atoms with van der Waals surface area (Å²) in [5, 5.41) is 7.29. The third-order valence-corrected chi connectivity index (χ3v) is 2.83. The first-order valence-corrected chi connectivity index (χ1v) is 4.41. The van der Waals surface area contributed by atoms with Crippen LogP contribution in [0.3, 0.4) is 0 Å².